The van der Waals surface area contributed by atoms with E-state index < -0.39 is 10.0 Å². The van der Waals surface area contributed by atoms with Crippen LogP contribution in [0.3, 0.4) is 0 Å². The summed E-state index contributed by atoms with van der Waals surface area (Å²) in [6, 6.07) is 11.3. The van der Waals surface area contributed by atoms with Crippen molar-refractivity contribution in [3.05, 3.63) is 57.0 Å². The highest BCUT2D eigenvalue weighted by molar-refractivity contribution is 9.10. The maximum atomic E-state index is 12.3. The Morgan fingerprint density at radius 1 is 1.00 bits per heavy atom. The predicted octanol–water partition coefficient (Wildman–Crippen LogP) is 4.56. The van der Waals surface area contributed by atoms with E-state index in [9.17, 15) is 8.42 Å². The fourth-order valence-corrected chi connectivity index (χ4v) is 4.09. The fraction of sp³-hybridized carbons (Fsp3) is 0. The van der Waals surface area contributed by atoms with E-state index in [0.29, 0.717) is 5.69 Å². The van der Waals surface area contributed by atoms with Gasteiger partial charge in [0.25, 0.3) is 10.0 Å². The van der Waals surface area contributed by atoms with Gasteiger partial charge in [0, 0.05) is 10.2 Å². The summed E-state index contributed by atoms with van der Waals surface area (Å²) in [6.45, 7) is 0. The van der Waals surface area contributed by atoms with Gasteiger partial charge in [0.1, 0.15) is 4.90 Å². The minimum absolute atomic E-state index is 0.0787. The first-order valence-corrected chi connectivity index (χ1v) is 8.16. The van der Waals surface area contributed by atoms with E-state index in [-0.39, 0.29) is 14.9 Å². The van der Waals surface area contributed by atoms with Gasteiger partial charge in [-0.1, -0.05) is 51.3 Å². The molecule has 0 saturated heterocycles. The predicted molar refractivity (Wildman–Crippen MR) is 81.4 cm³/mol. The highest BCUT2D eigenvalue weighted by Crippen LogP contribution is 2.30. The number of hydrogen-bond donors (Lipinski definition) is 1. The molecular weight excluding hydrogens is 373 g/mol. The summed E-state index contributed by atoms with van der Waals surface area (Å²) in [5, 5.41) is 0.157. The summed E-state index contributed by atoms with van der Waals surface area (Å²) in [5.41, 5.74) is 0.422. The monoisotopic (exact) mass is 379 g/mol. The van der Waals surface area contributed by atoms with E-state index in [2.05, 4.69) is 20.7 Å². The molecule has 0 fully saturated rings. The number of benzene rings is 2. The number of hydrogen-bond acceptors (Lipinski definition) is 2. The molecule has 1 N–H and O–H groups in total. The maximum absolute atomic E-state index is 12.3. The Kier molecular flexibility index (Phi) is 4.40. The van der Waals surface area contributed by atoms with Gasteiger partial charge in [-0.15, -0.1) is 0 Å². The van der Waals surface area contributed by atoms with Crippen molar-refractivity contribution in [1.82, 2.24) is 0 Å². The topological polar surface area (TPSA) is 46.2 Å². The Balaban J connectivity index is 2.44. The lowest BCUT2D eigenvalue weighted by molar-refractivity contribution is 0.601. The van der Waals surface area contributed by atoms with Crippen molar-refractivity contribution in [2.45, 2.75) is 4.90 Å². The zero-order chi connectivity index (χ0) is 14.0. The zero-order valence-corrected chi connectivity index (χ0v) is 13.3. The van der Waals surface area contributed by atoms with E-state index in [1.54, 1.807) is 30.3 Å². The molecule has 0 saturated carbocycles. The molecular formula is C12H8BrCl2NO2S. The smallest absolute Gasteiger partial charge is 0.264 e. The van der Waals surface area contributed by atoms with Gasteiger partial charge in [-0.3, -0.25) is 4.72 Å². The molecule has 100 valence electrons. The Labute approximate surface area is 129 Å². The fourth-order valence-electron chi connectivity index (χ4n) is 1.50. The molecule has 2 rings (SSSR count). The summed E-state index contributed by atoms with van der Waals surface area (Å²) in [7, 11) is -3.83. The molecule has 0 amide bonds. The lowest BCUT2D eigenvalue weighted by atomic mass is 10.3. The summed E-state index contributed by atoms with van der Waals surface area (Å²) in [6.07, 6.45) is 0. The van der Waals surface area contributed by atoms with E-state index >= 15 is 0 Å². The van der Waals surface area contributed by atoms with Gasteiger partial charge in [0.2, 0.25) is 0 Å². The van der Waals surface area contributed by atoms with Crippen molar-refractivity contribution in [1.29, 1.82) is 0 Å². The van der Waals surface area contributed by atoms with Crippen molar-refractivity contribution >= 4 is 54.8 Å². The molecule has 0 atom stereocenters. The van der Waals surface area contributed by atoms with E-state index in [1.165, 1.54) is 12.1 Å². The first-order valence-electron chi connectivity index (χ1n) is 5.12. The van der Waals surface area contributed by atoms with Gasteiger partial charge in [-0.2, -0.15) is 0 Å². The van der Waals surface area contributed by atoms with E-state index in [1.807, 2.05) is 0 Å². The van der Waals surface area contributed by atoms with E-state index in [0.717, 1.165) is 4.47 Å². The SMILES string of the molecule is O=S(=O)(Nc1cccc(Br)c1)c1c(Cl)cccc1Cl. The Bertz CT molecular complexity index is 699. The third kappa shape index (κ3) is 3.42. The molecule has 2 aromatic rings. The van der Waals surface area contributed by atoms with Crippen LogP contribution in [-0.2, 0) is 10.0 Å². The quantitative estimate of drug-likeness (QED) is 0.848. The van der Waals surface area contributed by atoms with Crippen LogP contribution in [0.1, 0.15) is 0 Å². The second kappa shape index (κ2) is 5.71. The summed E-state index contributed by atoms with van der Waals surface area (Å²) in [4.78, 5) is -0.127. The lowest BCUT2D eigenvalue weighted by Crippen LogP contribution is -2.14. The van der Waals surface area contributed by atoms with Gasteiger partial charge in [-0.25, -0.2) is 8.42 Å². The van der Waals surface area contributed by atoms with Crippen LogP contribution in [0.15, 0.2) is 51.8 Å². The molecule has 2 aromatic carbocycles. The van der Waals surface area contributed by atoms with Gasteiger partial charge in [-0.05, 0) is 30.3 Å². The Morgan fingerprint density at radius 3 is 2.16 bits per heavy atom. The highest BCUT2D eigenvalue weighted by Gasteiger charge is 2.21. The van der Waals surface area contributed by atoms with Crippen molar-refractivity contribution in [3.63, 3.8) is 0 Å². The molecule has 0 aliphatic heterocycles. The molecule has 19 heavy (non-hydrogen) atoms. The molecule has 3 nitrogen and oxygen atoms in total. The summed E-state index contributed by atoms with van der Waals surface area (Å²) < 4.78 is 27.7. The average molecular weight is 381 g/mol. The van der Waals surface area contributed by atoms with Crippen molar-refractivity contribution in [3.8, 4) is 0 Å². The van der Waals surface area contributed by atoms with E-state index in [4.69, 9.17) is 23.2 Å². The average Bonchev–Trinajstić information content (AvgIpc) is 2.27. The van der Waals surface area contributed by atoms with Crippen molar-refractivity contribution in [2.24, 2.45) is 0 Å². The number of rotatable bonds is 3. The van der Waals surface area contributed by atoms with Crippen LogP contribution in [0.25, 0.3) is 0 Å². The molecule has 0 bridgehead atoms. The first-order chi connectivity index (χ1) is 8.90. The van der Waals surface area contributed by atoms with Crippen LogP contribution >= 0.6 is 39.1 Å². The minimum Gasteiger partial charge on any atom is -0.280 e. The standard InChI is InChI=1S/C12H8BrCl2NO2S/c13-8-3-1-4-9(7-8)16-19(17,18)12-10(14)5-2-6-11(12)15/h1-7,16H. The van der Waals surface area contributed by atoms with Crippen LogP contribution in [0.2, 0.25) is 10.0 Å². The number of halogens is 3. The summed E-state index contributed by atoms with van der Waals surface area (Å²) in [5.74, 6) is 0. The largest absolute Gasteiger partial charge is 0.280 e. The van der Waals surface area contributed by atoms with Crippen molar-refractivity contribution in [2.75, 3.05) is 4.72 Å². The molecule has 0 spiro atoms. The molecule has 0 radical (unpaired) electrons. The number of sulfonamides is 1. The molecule has 0 unspecified atom stereocenters. The van der Waals surface area contributed by atoms with Crippen LogP contribution in [0.4, 0.5) is 5.69 Å². The molecule has 7 heteroatoms. The van der Waals surface area contributed by atoms with Gasteiger partial charge >= 0.3 is 0 Å². The van der Waals surface area contributed by atoms with Gasteiger partial charge < -0.3 is 0 Å². The zero-order valence-electron chi connectivity index (χ0n) is 9.40. The molecule has 0 aliphatic carbocycles. The first kappa shape index (κ1) is 14.7. The van der Waals surface area contributed by atoms with Crippen LogP contribution in [0.5, 0.6) is 0 Å². The number of anilines is 1. The lowest BCUT2D eigenvalue weighted by Gasteiger charge is -2.11. The Hall–Kier alpha value is -0.750. The minimum atomic E-state index is -3.83. The number of nitrogens with one attached hydrogen (secondary N) is 1. The van der Waals surface area contributed by atoms with Crippen LogP contribution in [-0.4, -0.2) is 8.42 Å². The summed E-state index contributed by atoms with van der Waals surface area (Å²) >= 11 is 15.1. The van der Waals surface area contributed by atoms with Crippen LogP contribution < -0.4 is 4.72 Å². The van der Waals surface area contributed by atoms with Crippen molar-refractivity contribution < 1.29 is 8.42 Å². The second-order valence-electron chi connectivity index (χ2n) is 3.67. The third-order valence-electron chi connectivity index (χ3n) is 2.26. The molecule has 0 heterocycles. The van der Waals surface area contributed by atoms with Gasteiger partial charge in [0.15, 0.2) is 0 Å². The Morgan fingerprint density at radius 2 is 1.58 bits per heavy atom. The third-order valence-corrected chi connectivity index (χ3v) is 5.09. The normalized spacial score (nSPS) is 11.3. The second-order valence-corrected chi connectivity index (χ2v) is 7.02. The highest BCUT2D eigenvalue weighted by atomic mass is 79.9. The molecule has 0 aliphatic rings. The molecule has 0 aromatic heterocycles. The van der Waals surface area contributed by atoms with Gasteiger partial charge in [0.05, 0.1) is 10.0 Å². The van der Waals surface area contributed by atoms with Crippen LogP contribution in [0, 0.1) is 0 Å². The maximum Gasteiger partial charge on any atom is 0.264 e.